The van der Waals surface area contributed by atoms with Gasteiger partial charge in [-0.3, -0.25) is 9.59 Å². The van der Waals surface area contributed by atoms with E-state index in [2.05, 4.69) is 10.6 Å². The molecule has 0 aromatic heterocycles. The van der Waals surface area contributed by atoms with Crippen molar-refractivity contribution in [2.45, 2.75) is 19.1 Å². The largest absolute Gasteiger partial charge is 0.485 e. The molecule has 1 heterocycles. The topological polar surface area (TPSA) is 76.7 Å². The number of para-hydroxylation sites is 2. The minimum absolute atomic E-state index is 0.107. The van der Waals surface area contributed by atoms with Crippen LogP contribution in [0.3, 0.4) is 0 Å². The number of nitrogens with one attached hydrogen (secondary N) is 2. The summed E-state index contributed by atoms with van der Waals surface area (Å²) in [5, 5.41) is 5.77. The molecular formula is C24H22N2O4. The fourth-order valence-corrected chi connectivity index (χ4v) is 3.18. The van der Waals surface area contributed by atoms with Crippen LogP contribution in [0.4, 0.5) is 5.69 Å². The molecule has 0 fully saturated rings. The fraction of sp³-hybridized carbons (Fsp3) is 0.167. The first-order valence-corrected chi connectivity index (χ1v) is 9.75. The van der Waals surface area contributed by atoms with Crippen LogP contribution in [0.2, 0.25) is 0 Å². The van der Waals surface area contributed by atoms with E-state index in [0.717, 1.165) is 5.56 Å². The summed E-state index contributed by atoms with van der Waals surface area (Å²) in [7, 11) is 0. The van der Waals surface area contributed by atoms with Gasteiger partial charge in [-0.15, -0.1) is 0 Å². The molecule has 30 heavy (non-hydrogen) atoms. The van der Waals surface area contributed by atoms with Gasteiger partial charge in [0.1, 0.15) is 6.61 Å². The number of benzene rings is 3. The summed E-state index contributed by atoms with van der Waals surface area (Å²) in [6, 6.07) is 23.6. The lowest BCUT2D eigenvalue weighted by Gasteiger charge is -2.25. The Morgan fingerprint density at radius 3 is 2.30 bits per heavy atom. The second-order valence-electron chi connectivity index (χ2n) is 7.04. The highest BCUT2D eigenvalue weighted by Gasteiger charge is 2.27. The Hall–Kier alpha value is -3.80. The molecule has 0 saturated carbocycles. The maximum Gasteiger partial charge on any atom is 0.269 e. The molecule has 0 radical (unpaired) electrons. The Kier molecular flexibility index (Phi) is 5.66. The molecule has 1 aliphatic heterocycles. The lowest BCUT2D eigenvalue weighted by molar-refractivity contribution is -0.125. The van der Waals surface area contributed by atoms with Crippen molar-refractivity contribution in [3.05, 3.63) is 90.0 Å². The van der Waals surface area contributed by atoms with Gasteiger partial charge in [0.25, 0.3) is 11.8 Å². The van der Waals surface area contributed by atoms with Crippen molar-refractivity contribution in [3.8, 4) is 11.5 Å². The van der Waals surface area contributed by atoms with E-state index in [-0.39, 0.29) is 24.5 Å². The summed E-state index contributed by atoms with van der Waals surface area (Å²) < 4.78 is 11.3. The SMILES string of the molecule is C[C@@H](NC(=O)c1ccc(NC(=O)[C@@H]2COc3ccccc3O2)cc1)c1ccccc1. The number of hydrogen-bond acceptors (Lipinski definition) is 4. The van der Waals surface area contributed by atoms with Crippen LogP contribution < -0.4 is 20.1 Å². The molecule has 2 amide bonds. The second-order valence-corrected chi connectivity index (χ2v) is 7.04. The minimum atomic E-state index is -0.741. The van der Waals surface area contributed by atoms with E-state index in [9.17, 15) is 9.59 Å². The molecule has 0 unspecified atom stereocenters. The lowest BCUT2D eigenvalue weighted by Crippen LogP contribution is -2.40. The Labute approximate surface area is 174 Å². The standard InChI is InChI=1S/C24H22N2O4/c1-16(17-7-3-2-4-8-17)25-23(27)18-11-13-19(14-12-18)26-24(28)22-15-29-20-9-5-6-10-21(20)30-22/h2-14,16,22H,15H2,1H3,(H,25,27)(H,26,28)/t16-,22+/m1/s1. The number of fused-ring (bicyclic) bond motifs is 1. The van der Waals surface area contributed by atoms with Crippen LogP contribution in [0.15, 0.2) is 78.9 Å². The summed E-state index contributed by atoms with van der Waals surface area (Å²) in [4.78, 5) is 25.0. The number of rotatable bonds is 5. The normalized spacial score (nSPS) is 15.7. The van der Waals surface area contributed by atoms with Crippen LogP contribution in [0.5, 0.6) is 11.5 Å². The molecule has 3 aromatic carbocycles. The predicted octanol–water partition coefficient (Wildman–Crippen LogP) is 3.96. The van der Waals surface area contributed by atoms with E-state index in [1.807, 2.05) is 49.4 Å². The van der Waals surface area contributed by atoms with Gasteiger partial charge in [-0.1, -0.05) is 42.5 Å². The molecule has 6 heteroatoms. The maximum absolute atomic E-state index is 12.5. The minimum Gasteiger partial charge on any atom is -0.485 e. The highest BCUT2D eigenvalue weighted by Crippen LogP contribution is 2.31. The Morgan fingerprint density at radius 2 is 1.57 bits per heavy atom. The van der Waals surface area contributed by atoms with Crippen molar-refractivity contribution in [2.24, 2.45) is 0 Å². The quantitative estimate of drug-likeness (QED) is 0.677. The van der Waals surface area contributed by atoms with E-state index in [1.165, 1.54) is 0 Å². The van der Waals surface area contributed by atoms with Crippen LogP contribution in [0, 0.1) is 0 Å². The molecule has 1 aliphatic rings. The third-order valence-corrected chi connectivity index (χ3v) is 4.86. The van der Waals surface area contributed by atoms with Gasteiger partial charge in [0.2, 0.25) is 6.10 Å². The zero-order valence-corrected chi connectivity index (χ0v) is 16.5. The molecule has 6 nitrogen and oxygen atoms in total. The van der Waals surface area contributed by atoms with Crippen LogP contribution in [-0.2, 0) is 4.79 Å². The summed E-state index contributed by atoms with van der Waals surface area (Å²) in [6.45, 7) is 2.08. The third-order valence-electron chi connectivity index (χ3n) is 4.86. The molecule has 0 aliphatic carbocycles. The average molecular weight is 402 g/mol. The first-order valence-electron chi connectivity index (χ1n) is 9.75. The van der Waals surface area contributed by atoms with Gasteiger partial charge in [0.05, 0.1) is 6.04 Å². The molecule has 2 atom stereocenters. The van der Waals surface area contributed by atoms with E-state index >= 15 is 0 Å². The van der Waals surface area contributed by atoms with Gasteiger partial charge >= 0.3 is 0 Å². The van der Waals surface area contributed by atoms with Crippen molar-refractivity contribution >= 4 is 17.5 Å². The second kappa shape index (κ2) is 8.69. The highest BCUT2D eigenvalue weighted by atomic mass is 16.6. The molecule has 2 N–H and O–H groups in total. The van der Waals surface area contributed by atoms with Gasteiger partial charge in [0.15, 0.2) is 11.5 Å². The van der Waals surface area contributed by atoms with E-state index < -0.39 is 6.10 Å². The summed E-state index contributed by atoms with van der Waals surface area (Å²) in [5.74, 6) is 0.689. The number of hydrogen-bond donors (Lipinski definition) is 2. The lowest BCUT2D eigenvalue weighted by atomic mass is 10.1. The summed E-state index contributed by atoms with van der Waals surface area (Å²) >= 11 is 0. The Bertz CT molecular complexity index is 1030. The van der Waals surface area contributed by atoms with Crippen LogP contribution in [-0.4, -0.2) is 24.5 Å². The van der Waals surface area contributed by atoms with Gasteiger partial charge in [-0.25, -0.2) is 0 Å². The monoisotopic (exact) mass is 402 g/mol. The first-order chi connectivity index (χ1) is 14.6. The zero-order valence-electron chi connectivity index (χ0n) is 16.5. The van der Waals surface area contributed by atoms with Crippen molar-refractivity contribution in [1.29, 1.82) is 0 Å². The molecule has 0 bridgehead atoms. The number of carbonyl (C=O) groups is 2. The first kappa shape index (κ1) is 19.5. The molecular weight excluding hydrogens is 380 g/mol. The molecule has 4 rings (SSSR count). The van der Waals surface area contributed by atoms with Gasteiger partial charge < -0.3 is 20.1 Å². The maximum atomic E-state index is 12.5. The van der Waals surface area contributed by atoms with Gasteiger partial charge in [-0.05, 0) is 48.9 Å². The van der Waals surface area contributed by atoms with Crippen LogP contribution in [0.1, 0.15) is 28.9 Å². The highest BCUT2D eigenvalue weighted by molar-refractivity contribution is 5.97. The smallest absolute Gasteiger partial charge is 0.269 e. The number of carbonyl (C=O) groups excluding carboxylic acids is 2. The summed E-state index contributed by atoms with van der Waals surface area (Å²) in [5.41, 5.74) is 2.13. The van der Waals surface area contributed by atoms with Crippen molar-refractivity contribution in [2.75, 3.05) is 11.9 Å². The predicted molar refractivity (Wildman–Crippen MR) is 114 cm³/mol. The van der Waals surface area contributed by atoms with Crippen molar-refractivity contribution < 1.29 is 19.1 Å². The Balaban J connectivity index is 1.34. The Morgan fingerprint density at radius 1 is 0.900 bits per heavy atom. The number of anilines is 1. The molecule has 3 aromatic rings. The van der Waals surface area contributed by atoms with Crippen LogP contribution in [0.25, 0.3) is 0 Å². The fourth-order valence-electron chi connectivity index (χ4n) is 3.18. The van der Waals surface area contributed by atoms with Gasteiger partial charge in [0, 0.05) is 11.3 Å². The van der Waals surface area contributed by atoms with Gasteiger partial charge in [-0.2, -0.15) is 0 Å². The number of amides is 2. The molecule has 0 spiro atoms. The van der Waals surface area contributed by atoms with E-state index in [4.69, 9.17) is 9.47 Å². The summed E-state index contributed by atoms with van der Waals surface area (Å²) in [6.07, 6.45) is -0.741. The van der Waals surface area contributed by atoms with Crippen molar-refractivity contribution in [1.82, 2.24) is 5.32 Å². The van der Waals surface area contributed by atoms with E-state index in [1.54, 1.807) is 36.4 Å². The van der Waals surface area contributed by atoms with E-state index in [0.29, 0.717) is 22.7 Å². The average Bonchev–Trinajstić information content (AvgIpc) is 2.79. The van der Waals surface area contributed by atoms with Crippen LogP contribution >= 0.6 is 0 Å². The van der Waals surface area contributed by atoms with Crippen molar-refractivity contribution in [3.63, 3.8) is 0 Å². The molecule has 152 valence electrons. The zero-order chi connectivity index (χ0) is 20.9. The molecule has 0 saturated heterocycles. The number of ether oxygens (including phenoxy) is 2. The third kappa shape index (κ3) is 4.43.